The number of fused-ring (bicyclic) bond motifs is 1. The van der Waals surface area contributed by atoms with Crippen molar-refractivity contribution in [1.82, 2.24) is 25.3 Å². The molecule has 14 heteroatoms. The lowest BCUT2D eigenvalue weighted by atomic mass is 9.93. The predicted octanol–water partition coefficient (Wildman–Crippen LogP) is 1.09. The Balaban J connectivity index is 1.57. The number of carboxylic acids is 2. The summed E-state index contributed by atoms with van der Waals surface area (Å²) in [6.07, 6.45) is 4.74. The highest BCUT2D eigenvalue weighted by molar-refractivity contribution is 5.97. The lowest BCUT2D eigenvalue weighted by Crippen LogP contribution is -2.43. The number of hydrogen-bond acceptors (Lipinski definition) is 10. The first-order valence-corrected chi connectivity index (χ1v) is 12.5. The van der Waals surface area contributed by atoms with Gasteiger partial charge in [0.15, 0.2) is 11.2 Å². The van der Waals surface area contributed by atoms with Crippen LogP contribution in [0.25, 0.3) is 11.2 Å². The highest BCUT2D eigenvalue weighted by Gasteiger charge is 2.28. The SMILES string of the molecule is NCCCCCCC(CC(NC(=O)c1ccc(NCc2cnc3nc(N)[nH]c(=O)c3n2)cc1)C(=O)O)C(=O)O. The third kappa shape index (κ3) is 8.46. The quantitative estimate of drug-likeness (QED) is 0.134. The molecule has 0 aliphatic carbocycles. The number of anilines is 2. The van der Waals surface area contributed by atoms with Gasteiger partial charge in [0, 0.05) is 11.3 Å². The zero-order valence-corrected chi connectivity index (χ0v) is 21.2. The van der Waals surface area contributed by atoms with Crippen LogP contribution in [0.5, 0.6) is 0 Å². The molecule has 0 bridgehead atoms. The molecular formula is C25H32N8O6. The molecule has 3 aromatic rings. The zero-order chi connectivity index (χ0) is 28.4. The number of amides is 1. The van der Waals surface area contributed by atoms with E-state index in [9.17, 15) is 29.4 Å². The first kappa shape index (κ1) is 29.0. The normalized spacial score (nSPS) is 12.5. The van der Waals surface area contributed by atoms with Crippen molar-refractivity contribution >= 4 is 40.6 Å². The second-order valence-electron chi connectivity index (χ2n) is 9.04. The summed E-state index contributed by atoms with van der Waals surface area (Å²) in [7, 11) is 0. The number of H-pyrrole nitrogens is 1. The van der Waals surface area contributed by atoms with Crippen molar-refractivity contribution in [2.75, 3.05) is 17.6 Å². The Bertz CT molecular complexity index is 1360. The molecular weight excluding hydrogens is 508 g/mol. The van der Waals surface area contributed by atoms with E-state index in [1.54, 1.807) is 12.1 Å². The highest BCUT2D eigenvalue weighted by Crippen LogP contribution is 2.18. The molecule has 2 heterocycles. The number of aliphatic carboxylic acids is 2. The third-order valence-corrected chi connectivity index (χ3v) is 6.09. The molecule has 39 heavy (non-hydrogen) atoms. The Morgan fingerprint density at radius 3 is 2.38 bits per heavy atom. The van der Waals surface area contributed by atoms with Gasteiger partial charge in [-0.3, -0.25) is 19.4 Å². The minimum atomic E-state index is -1.35. The number of nitrogens with one attached hydrogen (secondary N) is 3. The summed E-state index contributed by atoms with van der Waals surface area (Å²) < 4.78 is 0. The third-order valence-electron chi connectivity index (χ3n) is 6.09. The van der Waals surface area contributed by atoms with Gasteiger partial charge in [-0.25, -0.2) is 14.8 Å². The average Bonchev–Trinajstić information content (AvgIpc) is 2.90. The van der Waals surface area contributed by atoms with Crippen molar-refractivity contribution in [2.24, 2.45) is 11.7 Å². The molecule has 2 aromatic heterocycles. The number of nitrogens with zero attached hydrogens (tertiary/aromatic N) is 3. The van der Waals surface area contributed by atoms with Gasteiger partial charge in [-0.2, -0.15) is 4.98 Å². The number of benzene rings is 1. The van der Waals surface area contributed by atoms with Crippen LogP contribution in [-0.2, 0) is 16.1 Å². The molecule has 1 amide bonds. The van der Waals surface area contributed by atoms with Gasteiger partial charge < -0.3 is 32.3 Å². The number of carboxylic acid groups (broad SMARTS) is 2. The molecule has 0 saturated heterocycles. The van der Waals surface area contributed by atoms with E-state index in [-0.39, 0.29) is 35.6 Å². The van der Waals surface area contributed by atoms with Crippen molar-refractivity contribution in [3.8, 4) is 0 Å². The number of aromatic nitrogens is 4. The van der Waals surface area contributed by atoms with Crippen molar-refractivity contribution in [2.45, 2.75) is 51.1 Å². The van der Waals surface area contributed by atoms with Crippen LogP contribution in [0.1, 0.15) is 54.6 Å². The highest BCUT2D eigenvalue weighted by atomic mass is 16.4. The standard InChI is InChI=1S/C25H32N8O6/c26-10-4-2-1-3-5-15(23(36)37)11-18(24(38)39)31-21(34)14-6-8-16(9-7-14)28-12-17-13-29-20-19(30-17)22(35)33-25(27)32-20/h6-9,13,15,18,28H,1-5,10-12,26H2,(H,31,34)(H,36,37)(H,38,39)(H3,27,29,32,33,35). The molecule has 2 unspecified atom stereocenters. The number of nitrogen functional groups attached to an aromatic ring is 1. The van der Waals surface area contributed by atoms with Crippen LogP contribution < -0.4 is 27.7 Å². The van der Waals surface area contributed by atoms with Crippen molar-refractivity contribution in [3.63, 3.8) is 0 Å². The molecule has 0 aliphatic rings. The lowest BCUT2D eigenvalue weighted by Gasteiger charge is -2.19. The Morgan fingerprint density at radius 2 is 1.72 bits per heavy atom. The first-order chi connectivity index (χ1) is 18.7. The topological polar surface area (TPSA) is 239 Å². The number of hydrogen-bond donors (Lipinski definition) is 7. The smallest absolute Gasteiger partial charge is 0.326 e. The molecule has 14 nitrogen and oxygen atoms in total. The van der Waals surface area contributed by atoms with Crippen LogP contribution in [0.4, 0.5) is 11.6 Å². The van der Waals surface area contributed by atoms with Gasteiger partial charge in [0.05, 0.1) is 24.4 Å². The van der Waals surface area contributed by atoms with E-state index in [0.29, 0.717) is 30.8 Å². The van der Waals surface area contributed by atoms with E-state index in [0.717, 1.165) is 19.3 Å². The number of carbonyl (C=O) groups excluding carboxylic acids is 1. The fraction of sp³-hybridized carbons (Fsp3) is 0.400. The molecule has 0 fully saturated rings. The molecule has 2 atom stereocenters. The van der Waals surface area contributed by atoms with Crippen molar-refractivity contribution in [1.29, 1.82) is 0 Å². The molecule has 1 aromatic carbocycles. The molecule has 0 spiro atoms. The van der Waals surface area contributed by atoms with Crippen LogP contribution in [0.15, 0.2) is 35.3 Å². The molecule has 3 rings (SSSR count). The number of aromatic amines is 1. The average molecular weight is 541 g/mol. The van der Waals surface area contributed by atoms with Gasteiger partial charge in [0.2, 0.25) is 5.95 Å². The fourth-order valence-electron chi connectivity index (χ4n) is 3.97. The summed E-state index contributed by atoms with van der Waals surface area (Å²) >= 11 is 0. The zero-order valence-electron chi connectivity index (χ0n) is 21.2. The molecule has 0 aliphatic heterocycles. The fourth-order valence-corrected chi connectivity index (χ4v) is 3.97. The van der Waals surface area contributed by atoms with Crippen LogP contribution in [0.2, 0.25) is 0 Å². The Hall–Kier alpha value is -4.59. The maximum absolute atomic E-state index is 12.7. The van der Waals surface area contributed by atoms with Crippen LogP contribution in [0, 0.1) is 5.92 Å². The monoisotopic (exact) mass is 540 g/mol. The minimum absolute atomic E-state index is 0.0535. The van der Waals surface area contributed by atoms with Crippen molar-refractivity contribution < 1.29 is 24.6 Å². The van der Waals surface area contributed by atoms with Gasteiger partial charge in [-0.1, -0.05) is 19.3 Å². The summed E-state index contributed by atoms with van der Waals surface area (Å²) in [5, 5.41) is 24.6. The van der Waals surface area contributed by atoms with E-state index in [2.05, 4.69) is 30.6 Å². The Morgan fingerprint density at radius 1 is 1.00 bits per heavy atom. The number of rotatable bonds is 15. The van der Waals surface area contributed by atoms with Gasteiger partial charge in [0.1, 0.15) is 6.04 Å². The number of nitrogens with two attached hydrogens (primary N) is 2. The van der Waals surface area contributed by atoms with Gasteiger partial charge in [-0.05, 0) is 50.1 Å². The van der Waals surface area contributed by atoms with Crippen molar-refractivity contribution in [3.05, 3.63) is 52.1 Å². The Kier molecular flexibility index (Phi) is 10.3. The summed E-state index contributed by atoms with van der Waals surface area (Å²) in [5.41, 5.74) is 12.0. The first-order valence-electron chi connectivity index (χ1n) is 12.5. The predicted molar refractivity (Wildman–Crippen MR) is 143 cm³/mol. The van der Waals surface area contributed by atoms with Gasteiger partial charge in [-0.15, -0.1) is 0 Å². The van der Waals surface area contributed by atoms with Crippen LogP contribution in [-0.4, -0.2) is 60.6 Å². The molecule has 9 N–H and O–H groups in total. The molecule has 0 radical (unpaired) electrons. The second kappa shape index (κ2) is 13.8. The van der Waals surface area contributed by atoms with E-state index in [4.69, 9.17) is 11.5 Å². The molecule has 208 valence electrons. The van der Waals surface area contributed by atoms with E-state index in [1.807, 2.05) is 0 Å². The number of carbonyl (C=O) groups is 3. The van der Waals surface area contributed by atoms with Crippen LogP contribution in [0.3, 0.4) is 0 Å². The van der Waals surface area contributed by atoms with E-state index >= 15 is 0 Å². The van der Waals surface area contributed by atoms with E-state index < -0.39 is 35.4 Å². The second-order valence-corrected chi connectivity index (χ2v) is 9.04. The van der Waals surface area contributed by atoms with Gasteiger partial charge >= 0.3 is 11.9 Å². The summed E-state index contributed by atoms with van der Waals surface area (Å²) in [4.78, 5) is 62.8. The minimum Gasteiger partial charge on any atom is -0.481 e. The summed E-state index contributed by atoms with van der Waals surface area (Å²) in [6, 6.07) is 4.91. The Labute approximate surface area is 223 Å². The largest absolute Gasteiger partial charge is 0.481 e. The van der Waals surface area contributed by atoms with Crippen LogP contribution >= 0.6 is 0 Å². The van der Waals surface area contributed by atoms with Gasteiger partial charge in [0.25, 0.3) is 11.5 Å². The summed E-state index contributed by atoms with van der Waals surface area (Å²) in [5.74, 6) is -3.97. The maximum Gasteiger partial charge on any atom is 0.326 e. The number of unbranched alkanes of at least 4 members (excludes halogenated alkanes) is 3. The van der Waals surface area contributed by atoms with E-state index in [1.165, 1.54) is 18.3 Å². The lowest BCUT2D eigenvalue weighted by molar-refractivity contribution is -0.144. The molecule has 0 saturated carbocycles. The maximum atomic E-state index is 12.7. The summed E-state index contributed by atoms with van der Waals surface area (Å²) in [6.45, 7) is 0.796.